The highest BCUT2D eigenvalue weighted by Gasteiger charge is 2.07. The van der Waals surface area contributed by atoms with Gasteiger partial charge in [-0.05, 0) is 42.9 Å². The number of hydrogen-bond acceptors (Lipinski definition) is 3. The maximum Gasteiger partial charge on any atom is 0.269 e. The molecule has 0 spiro atoms. The molecule has 0 atom stereocenters. The highest BCUT2D eigenvalue weighted by atomic mass is 35.5. The summed E-state index contributed by atoms with van der Waals surface area (Å²) in [7, 11) is 0. The predicted molar refractivity (Wildman–Crippen MR) is 86.9 cm³/mol. The number of amides is 2. The summed E-state index contributed by atoms with van der Waals surface area (Å²) in [6.07, 6.45) is 3.29. The molecule has 0 aliphatic rings. The zero-order chi connectivity index (χ0) is 15.7. The number of carbonyl (C=O) groups is 2. The zero-order valence-electron chi connectivity index (χ0n) is 11.7. The smallest absolute Gasteiger partial charge is 0.269 e. The van der Waals surface area contributed by atoms with Crippen molar-refractivity contribution in [2.24, 2.45) is 0 Å². The van der Waals surface area contributed by atoms with E-state index in [9.17, 15) is 9.59 Å². The first-order valence-corrected chi connectivity index (χ1v) is 7.47. The monoisotopic (exact) mass is 327 g/mol. The fourth-order valence-corrected chi connectivity index (χ4v) is 1.83. The molecule has 7 heteroatoms. The normalized spacial score (nSPS) is 9.81. The third-order valence-electron chi connectivity index (χ3n) is 2.66. The van der Waals surface area contributed by atoms with Gasteiger partial charge in [0.05, 0.1) is 0 Å². The number of nitrogens with one attached hydrogen (secondary N) is 3. The molecule has 1 aromatic carbocycles. The second-order valence-corrected chi connectivity index (χ2v) is 5.27. The SMILES string of the molecule is CCCCCC(=O)NC(=S)NNC(=O)c1ccc(Cl)cc1. The van der Waals surface area contributed by atoms with Crippen molar-refractivity contribution in [2.75, 3.05) is 0 Å². The molecule has 0 heterocycles. The number of rotatable bonds is 5. The lowest BCUT2D eigenvalue weighted by atomic mass is 10.2. The standard InChI is InChI=1S/C14H18ClN3O2S/c1-2-3-4-5-12(19)16-14(21)18-17-13(20)10-6-8-11(15)9-7-10/h6-9H,2-5H2,1H3,(H,17,20)(H2,16,18,19,21). The first-order valence-electron chi connectivity index (χ1n) is 6.68. The van der Waals surface area contributed by atoms with E-state index in [0.29, 0.717) is 17.0 Å². The van der Waals surface area contributed by atoms with Gasteiger partial charge in [-0.2, -0.15) is 0 Å². The van der Waals surface area contributed by atoms with E-state index in [2.05, 4.69) is 23.1 Å². The van der Waals surface area contributed by atoms with Gasteiger partial charge in [0.1, 0.15) is 0 Å². The molecule has 0 aliphatic heterocycles. The molecule has 0 saturated carbocycles. The van der Waals surface area contributed by atoms with E-state index in [4.69, 9.17) is 23.8 Å². The Kier molecular flexibility index (Phi) is 7.71. The second kappa shape index (κ2) is 9.31. The van der Waals surface area contributed by atoms with Crippen LogP contribution in [0.25, 0.3) is 0 Å². The molecule has 5 nitrogen and oxygen atoms in total. The Morgan fingerprint density at radius 2 is 1.81 bits per heavy atom. The fraction of sp³-hybridized carbons (Fsp3) is 0.357. The van der Waals surface area contributed by atoms with Crippen LogP contribution < -0.4 is 16.2 Å². The molecule has 3 N–H and O–H groups in total. The van der Waals surface area contributed by atoms with Gasteiger partial charge in [0.15, 0.2) is 5.11 Å². The summed E-state index contributed by atoms with van der Waals surface area (Å²) in [5, 5.41) is 3.12. The third-order valence-corrected chi connectivity index (χ3v) is 3.11. The van der Waals surface area contributed by atoms with Crippen molar-refractivity contribution in [1.82, 2.24) is 16.2 Å². The fourth-order valence-electron chi connectivity index (χ4n) is 1.54. The van der Waals surface area contributed by atoms with Crippen LogP contribution in [0.15, 0.2) is 24.3 Å². The largest absolute Gasteiger partial charge is 0.302 e. The Morgan fingerprint density at radius 3 is 2.43 bits per heavy atom. The lowest BCUT2D eigenvalue weighted by Crippen LogP contribution is -2.48. The molecule has 0 fully saturated rings. The first-order chi connectivity index (χ1) is 10.0. The summed E-state index contributed by atoms with van der Waals surface area (Å²) in [6.45, 7) is 2.07. The lowest BCUT2D eigenvalue weighted by Gasteiger charge is -2.10. The molecule has 2 amide bonds. The molecule has 0 bridgehead atoms. The van der Waals surface area contributed by atoms with Crippen LogP contribution in [0.4, 0.5) is 0 Å². The van der Waals surface area contributed by atoms with Crippen LogP contribution in [-0.4, -0.2) is 16.9 Å². The molecule has 0 saturated heterocycles. The Bertz CT molecular complexity index is 505. The van der Waals surface area contributed by atoms with E-state index < -0.39 is 0 Å². The lowest BCUT2D eigenvalue weighted by molar-refractivity contribution is -0.119. The van der Waals surface area contributed by atoms with Crippen LogP contribution in [-0.2, 0) is 4.79 Å². The van der Waals surface area contributed by atoms with Crippen molar-refractivity contribution < 1.29 is 9.59 Å². The summed E-state index contributed by atoms with van der Waals surface area (Å²) < 4.78 is 0. The average molecular weight is 328 g/mol. The van der Waals surface area contributed by atoms with E-state index in [0.717, 1.165) is 19.3 Å². The second-order valence-electron chi connectivity index (χ2n) is 4.42. The number of hydrogen-bond donors (Lipinski definition) is 3. The van der Waals surface area contributed by atoms with Crippen molar-refractivity contribution in [3.8, 4) is 0 Å². The van der Waals surface area contributed by atoms with Crippen molar-refractivity contribution in [2.45, 2.75) is 32.6 Å². The molecule has 114 valence electrons. The summed E-state index contributed by atoms with van der Waals surface area (Å²) in [5.74, 6) is -0.532. The first kappa shape index (κ1) is 17.4. The molecule has 1 rings (SSSR count). The van der Waals surface area contributed by atoms with Crippen molar-refractivity contribution >= 4 is 40.7 Å². The molecule has 0 aromatic heterocycles. The highest BCUT2D eigenvalue weighted by molar-refractivity contribution is 7.80. The summed E-state index contributed by atoms with van der Waals surface area (Å²) in [5.41, 5.74) is 5.32. The van der Waals surface area contributed by atoms with Gasteiger partial charge in [-0.15, -0.1) is 0 Å². The molecular formula is C14H18ClN3O2S. The molecular weight excluding hydrogens is 310 g/mol. The summed E-state index contributed by atoms with van der Waals surface area (Å²) >= 11 is 10.7. The van der Waals surface area contributed by atoms with Crippen LogP contribution in [0.1, 0.15) is 43.0 Å². The minimum Gasteiger partial charge on any atom is -0.302 e. The van der Waals surface area contributed by atoms with E-state index >= 15 is 0 Å². The third kappa shape index (κ3) is 7.06. The summed E-state index contributed by atoms with van der Waals surface area (Å²) in [4.78, 5) is 23.3. The maximum absolute atomic E-state index is 11.8. The van der Waals surface area contributed by atoms with Gasteiger partial charge in [0.25, 0.3) is 5.91 Å². The zero-order valence-corrected chi connectivity index (χ0v) is 13.3. The molecule has 0 unspecified atom stereocenters. The van der Waals surface area contributed by atoms with Crippen molar-refractivity contribution in [3.05, 3.63) is 34.9 Å². The Balaban J connectivity index is 2.30. The number of benzene rings is 1. The molecule has 1 aromatic rings. The predicted octanol–water partition coefficient (Wildman–Crippen LogP) is 2.56. The van der Waals surface area contributed by atoms with Crippen molar-refractivity contribution in [1.29, 1.82) is 0 Å². The molecule has 0 radical (unpaired) electrons. The van der Waals surface area contributed by atoms with Gasteiger partial charge in [0, 0.05) is 17.0 Å². The Labute approximate surface area is 134 Å². The Hall–Kier alpha value is -1.66. The van der Waals surface area contributed by atoms with Crippen LogP contribution in [0.3, 0.4) is 0 Å². The highest BCUT2D eigenvalue weighted by Crippen LogP contribution is 2.08. The van der Waals surface area contributed by atoms with Crippen molar-refractivity contribution in [3.63, 3.8) is 0 Å². The number of carbonyl (C=O) groups excluding carboxylic acids is 2. The van der Waals surface area contributed by atoms with E-state index in [1.165, 1.54) is 0 Å². The van der Waals surface area contributed by atoms with Crippen LogP contribution in [0, 0.1) is 0 Å². The minimum atomic E-state index is -0.366. The Morgan fingerprint density at radius 1 is 1.14 bits per heavy atom. The van der Waals surface area contributed by atoms with E-state index in [1.807, 2.05) is 0 Å². The quantitative estimate of drug-likeness (QED) is 0.441. The van der Waals surface area contributed by atoms with Crippen LogP contribution >= 0.6 is 23.8 Å². The number of hydrazine groups is 1. The van der Waals surface area contributed by atoms with Gasteiger partial charge >= 0.3 is 0 Å². The minimum absolute atomic E-state index is 0.0683. The number of halogens is 1. The number of thiocarbonyl (C=S) groups is 1. The van der Waals surface area contributed by atoms with E-state index in [1.54, 1.807) is 24.3 Å². The van der Waals surface area contributed by atoms with Gasteiger partial charge in [-0.25, -0.2) is 0 Å². The molecule has 21 heavy (non-hydrogen) atoms. The van der Waals surface area contributed by atoms with E-state index in [-0.39, 0.29) is 16.9 Å². The van der Waals surface area contributed by atoms with Gasteiger partial charge in [-0.3, -0.25) is 20.4 Å². The average Bonchev–Trinajstić information content (AvgIpc) is 2.46. The van der Waals surface area contributed by atoms with Gasteiger partial charge < -0.3 is 5.32 Å². The number of unbranched alkanes of at least 4 members (excludes halogenated alkanes) is 2. The molecule has 0 aliphatic carbocycles. The van der Waals surface area contributed by atoms with Crippen LogP contribution in [0.5, 0.6) is 0 Å². The maximum atomic E-state index is 11.8. The van der Waals surface area contributed by atoms with Gasteiger partial charge in [0.2, 0.25) is 5.91 Å². The van der Waals surface area contributed by atoms with Crippen LogP contribution in [0.2, 0.25) is 5.02 Å². The summed E-state index contributed by atoms with van der Waals surface area (Å²) in [6, 6.07) is 6.41. The van der Waals surface area contributed by atoms with Gasteiger partial charge in [-0.1, -0.05) is 31.4 Å². The topological polar surface area (TPSA) is 70.2 Å².